The molecule has 21 heteroatoms. The van der Waals surface area contributed by atoms with Gasteiger partial charge in [0.05, 0.1) is 30.1 Å². The molecule has 0 bridgehead atoms. The highest BCUT2D eigenvalue weighted by atomic mass is 32.2. The molecule has 9 N–H and O–H groups in total. The van der Waals surface area contributed by atoms with E-state index in [9.17, 15) is 62.4 Å². The van der Waals surface area contributed by atoms with E-state index in [1.165, 1.54) is 36.8 Å². The van der Waals surface area contributed by atoms with Crippen molar-refractivity contribution >= 4 is 51.4 Å². The predicted octanol–water partition coefficient (Wildman–Crippen LogP) is 1.53. The Morgan fingerprint density at radius 1 is 0.803 bits per heavy atom. The Kier molecular flexibility index (Phi) is 19.2. The number of Topliss-reactive ketones (excluding diaryl/α,β-unsaturated/α-hetero) is 1. The Morgan fingerprint density at radius 3 is 2.00 bits per heavy atom. The van der Waals surface area contributed by atoms with Crippen molar-refractivity contribution in [3.63, 3.8) is 0 Å². The predicted molar refractivity (Wildman–Crippen MR) is 215 cm³/mol. The number of amides is 3. The number of ketones is 1. The number of sulfone groups is 1. The van der Waals surface area contributed by atoms with E-state index in [1.807, 2.05) is 0 Å². The van der Waals surface area contributed by atoms with Crippen LogP contribution in [0.3, 0.4) is 0 Å². The van der Waals surface area contributed by atoms with Crippen molar-refractivity contribution in [2.75, 3.05) is 0 Å². The first kappa shape index (κ1) is 48.9. The lowest BCUT2D eigenvalue weighted by atomic mass is 9.90. The van der Waals surface area contributed by atoms with Gasteiger partial charge in [0.1, 0.15) is 24.9 Å². The smallest absolute Gasteiger partial charge is 0.408 e. The largest absolute Gasteiger partial charge is 0.481 e. The van der Waals surface area contributed by atoms with E-state index in [0.717, 1.165) is 11.5 Å². The summed E-state index contributed by atoms with van der Waals surface area (Å²) >= 11 is 0. The third kappa shape index (κ3) is 17.4. The number of nitrogens with one attached hydrogen (secondary N) is 5. The molecule has 3 aromatic rings. The highest BCUT2D eigenvalue weighted by Gasteiger charge is 2.34. The summed E-state index contributed by atoms with van der Waals surface area (Å²) in [6.07, 6.45) is -2.48. The number of H-pyrrole nitrogens is 1. The molecule has 6 unspecified atom stereocenters. The number of carbonyl (C=O) groups is 7. The van der Waals surface area contributed by atoms with E-state index >= 15 is 0 Å². The van der Waals surface area contributed by atoms with Crippen LogP contribution in [0.4, 0.5) is 4.79 Å². The van der Waals surface area contributed by atoms with Crippen LogP contribution in [0.2, 0.25) is 0 Å². The highest BCUT2D eigenvalue weighted by molar-refractivity contribution is 7.94. The number of aliphatic hydroxyl groups is 1. The van der Waals surface area contributed by atoms with E-state index < -0.39 is 126 Å². The van der Waals surface area contributed by atoms with Gasteiger partial charge in [-0.15, -0.1) is 0 Å². The maximum atomic E-state index is 13.9. The number of hydrogen-bond donors (Lipinski definition) is 9. The number of benzene rings is 2. The number of carboxylic acid groups (broad SMARTS) is 3. The number of nitrogens with zero attached hydrogens (tertiary/aromatic N) is 1. The molecule has 0 aliphatic heterocycles. The van der Waals surface area contributed by atoms with Gasteiger partial charge in [-0.1, -0.05) is 68.5 Å². The van der Waals surface area contributed by atoms with Gasteiger partial charge in [-0.2, -0.15) is 0 Å². The summed E-state index contributed by atoms with van der Waals surface area (Å²) in [5, 5.41) is 50.5. The number of carboxylic acids is 3. The van der Waals surface area contributed by atoms with Crippen LogP contribution in [0.15, 0.2) is 89.6 Å². The number of carbonyl (C=O) groups excluding carboxylic acids is 4. The standard InChI is InChI=1S/C40H50N6O14S/c1-24(2)36(46-40(57)60-22-25-9-5-3-6-10-25)39(56)45-31(20-35(52)53)38(55)44-30(13-14-33(48)49)32(47)18-26(17-28-21-41-23-42-28)37(54)43-27(19-34(50)51)15-16-61(58,59)29-11-7-4-8-12-29/h3-12,15-16,21,23-24,26-27,30-31,36-37,43,54H,13-14,17-20,22H2,1-2H3,(H,41,42)(H,44,55)(H,45,56)(H,46,57)(H,48,49)(H,50,51)(H,52,53). The fourth-order valence-electron chi connectivity index (χ4n) is 5.91. The van der Waals surface area contributed by atoms with Gasteiger partial charge in [-0.25, -0.2) is 18.2 Å². The fraction of sp³-hybridized carbons (Fsp3) is 0.400. The second-order valence-corrected chi connectivity index (χ2v) is 16.1. The van der Waals surface area contributed by atoms with Gasteiger partial charge in [0.25, 0.3) is 0 Å². The number of aliphatic hydroxyl groups excluding tert-OH is 1. The lowest BCUT2D eigenvalue weighted by Gasteiger charge is -2.28. The van der Waals surface area contributed by atoms with Crippen molar-refractivity contribution in [3.8, 4) is 0 Å². The first-order valence-electron chi connectivity index (χ1n) is 19.0. The molecule has 2 aromatic carbocycles. The van der Waals surface area contributed by atoms with Crippen molar-refractivity contribution in [2.24, 2.45) is 11.8 Å². The molecule has 0 fully saturated rings. The van der Waals surface area contributed by atoms with Crippen LogP contribution in [0, 0.1) is 11.8 Å². The quantitative estimate of drug-likeness (QED) is 0.0517. The lowest BCUT2D eigenvalue weighted by Crippen LogP contribution is -2.57. The Labute approximate surface area is 351 Å². The molecule has 0 saturated carbocycles. The van der Waals surface area contributed by atoms with Crippen LogP contribution in [0.5, 0.6) is 0 Å². The van der Waals surface area contributed by atoms with Crippen LogP contribution >= 0.6 is 0 Å². The van der Waals surface area contributed by atoms with Crippen molar-refractivity contribution in [1.82, 2.24) is 31.2 Å². The van der Waals surface area contributed by atoms with Gasteiger partial charge in [-0.3, -0.25) is 34.1 Å². The van der Waals surface area contributed by atoms with E-state index in [-0.39, 0.29) is 17.9 Å². The minimum atomic E-state index is -4.03. The monoisotopic (exact) mass is 870 g/mol. The SMILES string of the molecule is CC(C)C(NC(=O)OCc1ccccc1)C(=O)NC(CC(=O)O)C(=O)NC(CCC(=O)O)C(=O)CC(Cc1cnc[nH]1)C(O)NC(C=CS(=O)(=O)c1ccccc1)CC(=O)O. The van der Waals surface area contributed by atoms with Gasteiger partial charge in [0.2, 0.25) is 11.8 Å². The van der Waals surface area contributed by atoms with Crippen molar-refractivity contribution in [1.29, 1.82) is 0 Å². The number of hydrogen-bond acceptors (Lipinski definition) is 13. The first-order chi connectivity index (χ1) is 28.8. The number of imidazole rings is 1. The molecular formula is C40H50N6O14S. The summed E-state index contributed by atoms with van der Waals surface area (Å²) in [5.41, 5.74) is 1.07. The number of aromatic nitrogens is 2. The summed E-state index contributed by atoms with van der Waals surface area (Å²) in [7, 11) is -4.03. The molecule has 61 heavy (non-hydrogen) atoms. The number of ether oxygens (including phenoxy) is 1. The molecule has 0 spiro atoms. The summed E-state index contributed by atoms with van der Waals surface area (Å²) in [6, 6.07) is 9.91. The third-order valence-electron chi connectivity index (χ3n) is 9.09. The average Bonchev–Trinajstić information content (AvgIpc) is 3.72. The van der Waals surface area contributed by atoms with E-state index in [2.05, 4.69) is 31.2 Å². The van der Waals surface area contributed by atoms with Gasteiger partial charge < -0.3 is 46.1 Å². The molecule has 6 atom stereocenters. The molecule has 3 rings (SSSR count). The number of rotatable bonds is 26. The van der Waals surface area contributed by atoms with Crippen molar-refractivity contribution in [2.45, 2.75) is 94.3 Å². The topological polar surface area (TPSA) is 321 Å². The van der Waals surface area contributed by atoms with Gasteiger partial charge in [0.15, 0.2) is 15.6 Å². The zero-order valence-electron chi connectivity index (χ0n) is 33.3. The number of alkyl carbamates (subject to hydrolysis) is 1. The second kappa shape index (κ2) is 24.0. The van der Waals surface area contributed by atoms with Crippen LogP contribution in [0.25, 0.3) is 0 Å². The minimum Gasteiger partial charge on any atom is -0.481 e. The van der Waals surface area contributed by atoms with E-state index in [0.29, 0.717) is 11.3 Å². The Balaban J connectivity index is 1.82. The molecule has 3 amide bonds. The van der Waals surface area contributed by atoms with Crippen LogP contribution in [0.1, 0.15) is 57.2 Å². The molecule has 0 aliphatic carbocycles. The molecule has 20 nitrogen and oxygen atoms in total. The number of aromatic amines is 1. The molecule has 330 valence electrons. The second-order valence-electron chi connectivity index (χ2n) is 14.3. The van der Waals surface area contributed by atoms with E-state index in [4.69, 9.17) is 4.74 Å². The van der Waals surface area contributed by atoms with Crippen molar-refractivity contribution in [3.05, 3.63) is 95.9 Å². The minimum absolute atomic E-state index is 0.0705. The van der Waals surface area contributed by atoms with Gasteiger partial charge in [-0.05, 0) is 36.5 Å². The first-order valence-corrected chi connectivity index (χ1v) is 20.5. The Bertz CT molecular complexity index is 2080. The normalized spacial score (nSPS) is 14.5. The molecule has 0 radical (unpaired) electrons. The highest BCUT2D eigenvalue weighted by Crippen LogP contribution is 2.19. The van der Waals surface area contributed by atoms with Crippen molar-refractivity contribution < 1.29 is 67.1 Å². The maximum Gasteiger partial charge on any atom is 0.408 e. The molecule has 0 saturated heterocycles. The summed E-state index contributed by atoms with van der Waals surface area (Å²) < 4.78 is 30.9. The summed E-state index contributed by atoms with van der Waals surface area (Å²) in [5.74, 6) is -8.93. The number of aliphatic carboxylic acids is 3. The zero-order chi connectivity index (χ0) is 45.1. The summed E-state index contributed by atoms with van der Waals surface area (Å²) in [4.78, 5) is 95.4. The van der Waals surface area contributed by atoms with Gasteiger partial charge in [0, 0.05) is 42.1 Å². The third-order valence-corrected chi connectivity index (χ3v) is 10.5. The summed E-state index contributed by atoms with van der Waals surface area (Å²) in [6.45, 7) is 3.03. The molecular weight excluding hydrogens is 821 g/mol. The van der Waals surface area contributed by atoms with Crippen LogP contribution in [-0.2, 0) is 56.4 Å². The maximum absolute atomic E-state index is 13.9. The lowest BCUT2D eigenvalue weighted by molar-refractivity contribution is -0.141. The van der Waals surface area contributed by atoms with E-state index in [1.54, 1.807) is 50.2 Å². The Hall–Kier alpha value is -6.45. The fourth-order valence-corrected chi connectivity index (χ4v) is 7.00. The van der Waals surface area contributed by atoms with Crippen LogP contribution in [-0.4, -0.2) is 111 Å². The Morgan fingerprint density at radius 2 is 1.43 bits per heavy atom. The molecule has 1 heterocycles. The zero-order valence-corrected chi connectivity index (χ0v) is 34.1. The molecule has 0 aliphatic rings. The van der Waals surface area contributed by atoms with Gasteiger partial charge >= 0.3 is 24.0 Å². The average molecular weight is 871 g/mol. The van der Waals surface area contributed by atoms with Crippen LogP contribution < -0.4 is 21.3 Å². The molecule has 1 aromatic heterocycles.